The van der Waals surface area contributed by atoms with E-state index in [2.05, 4.69) is 10.3 Å². The second-order valence-corrected chi connectivity index (χ2v) is 5.76. The van der Waals surface area contributed by atoms with Gasteiger partial charge in [-0.15, -0.1) is 0 Å². The molecule has 25 heavy (non-hydrogen) atoms. The maximum absolute atomic E-state index is 13.6. The average molecular weight is 341 g/mol. The van der Waals surface area contributed by atoms with E-state index < -0.39 is 17.8 Å². The number of hydrogen-bond donors (Lipinski definition) is 1. The van der Waals surface area contributed by atoms with Crippen molar-refractivity contribution in [1.29, 1.82) is 0 Å². The van der Waals surface area contributed by atoms with Crippen LogP contribution in [0, 0.1) is 0 Å². The summed E-state index contributed by atoms with van der Waals surface area (Å²) in [5, 5.41) is 3.19. The van der Waals surface area contributed by atoms with Crippen molar-refractivity contribution in [3.63, 3.8) is 0 Å². The molecular formula is C19H14F3N3. The van der Waals surface area contributed by atoms with E-state index in [1.165, 1.54) is 12.4 Å². The number of imidazole rings is 1. The molecule has 1 atom stereocenters. The molecule has 3 nitrogen and oxygen atoms in total. The fourth-order valence-corrected chi connectivity index (χ4v) is 2.97. The Morgan fingerprint density at radius 3 is 2.20 bits per heavy atom. The molecule has 2 aromatic carbocycles. The second kappa shape index (κ2) is 5.81. The molecule has 0 radical (unpaired) electrons. The molecule has 0 fully saturated rings. The molecule has 0 saturated carbocycles. The molecular weight excluding hydrogens is 327 g/mol. The Kier molecular flexibility index (Phi) is 3.60. The molecule has 1 aromatic heterocycles. The van der Waals surface area contributed by atoms with Crippen LogP contribution in [0.1, 0.15) is 17.3 Å². The SMILES string of the molecule is FC(F)(F)C1=CC(c2ccccc2)Nc2c1ncn2-c1ccccc1. The lowest BCUT2D eigenvalue weighted by atomic mass is 9.98. The van der Waals surface area contributed by atoms with Gasteiger partial charge in [-0.3, -0.25) is 4.57 Å². The monoisotopic (exact) mass is 341 g/mol. The van der Waals surface area contributed by atoms with Crippen LogP contribution in [-0.2, 0) is 0 Å². The highest BCUT2D eigenvalue weighted by molar-refractivity contribution is 5.80. The minimum Gasteiger partial charge on any atom is -0.359 e. The van der Waals surface area contributed by atoms with Gasteiger partial charge in [0.15, 0.2) is 0 Å². The lowest BCUT2D eigenvalue weighted by molar-refractivity contribution is -0.0694. The van der Waals surface area contributed by atoms with Gasteiger partial charge < -0.3 is 5.32 Å². The molecule has 3 aromatic rings. The van der Waals surface area contributed by atoms with Crippen LogP contribution in [0.2, 0.25) is 0 Å². The van der Waals surface area contributed by atoms with E-state index in [-0.39, 0.29) is 5.69 Å². The van der Waals surface area contributed by atoms with E-state index in [1.807, 2.05) is 48.5 Å². The van der Waals surface area contributed by atoms with E-state index in [0.717, 1.165) is 11.3 Å². The zero-order chi connectivity index (χ0) is 17.4. The van der Waals surface area contributed by atoms with Crippen molar-refractivity contribution in [2.24, 2.45) is 0 Å². The number of alkyl halides is 3. The van der Waals surface area contributed by atoms with Crippen molar-refractivity contribution in [2.75, 3.05) is 5.32 Å². The summed E-state index contributed by atoms with van der Waals surface area (Å²) in [4.78, 5) is 4.02. The largest absolute Gasteiger partial charge is 0.418 e. The standard InChI is InChI=1S/C19H14F3N3/c20-19(21,22)15-11-16(13-7-3-1-4-8-13)24-18-17(15)23-12-25(18)14-9-5-2-6-10-14/h1-12,16,24H. The number of hydrogen-bond acceptors (Lipinski definition) is 2. The van der Waals surface area contributed by atoms with E-state index in [9.17, 15) is 13.2 Å². The Hall–Kier alpha value is -3.02. The van der Waals surface area contributed by atoms with Crippen molar-refractivity contribution in [2.45, 2.75) is 12.2 Å². The van der Waals surface area contributed by atoms with Gasteiger partial charge in [0.1, 0.15) is 17.8 Å². The van der Waals surface area contributed by atoms with Crippen LogP contribution < -0.4 is 5.32 Å². The molecule has 1 aliphatic heterocycles. The van der Waals surface area contributed by atoms with Crippen molar-refractivity contribution in [3.05, 3.63) is 84.3 Å². The Balaban J connectivity index is 1.86. The number of aromatic nitrogens is 2. The van der Waals surface area contributed by atoms with Gasteiger partial charge in [-0.1, -0.05) is 48.5 Å². The number of para-hydroxylation sites is 1. The quantitative estimate of drug-likeness (QED) is 0.712. The summed E-state index contributed by atoms with van der Waals surface area (Å²) >= 11 is 0. The fourth-order valence-electron chi connectivity index (χ4n) is 2.97. The summed E-state index contributed by atoms with van der Waals surface area (Å²) in [5.41, 5.74) is 0.711. The first-order chi connectivity index (χ1) is 12.0. The van der Waals surface area contributed by atoms with E-state index in [0.29, 0.717) is 5.82 Å². The number of halogens is 3. The van der Waals surface area contributed by atoms with Crippen molar-refractivity contribution >= 4 is 11.4 Å². The summed E-state index contributed by atoms with van der Waals surface area (Å²) in [7, 11) is 0. The Morgan fingerprint density at radius 1 is 0.920 bits per heavy atom. The van der Waals surface area contributed by atoms with Gasteiger partial charge in [0, 0.05) is 5.69 Å². The van der Waals surface area contributed by atoms with E-state index >= 15 is 0 Å². The van der Waals surface area contributed by atoms with Gasteiger partial charge >= 0.3 is 6.18 Å². The highest BCUT2D eigenvalue weighted by Crippen LogP contribution is 2.43. The maximum atomic E-state index is 13.6. The summed E-state index contributed by atoms with van der Waals surface area (Å²) in [6, 6.07) is 17.6. The van der Waals surface area contributed by atoms with Gasteiger partial charge in [0.25, 0.3) is 0 Å². The second-order valence-electron chi connectivity index (χ2n) is 5.76. The van der Waals surface area contributed by atoms with Crippen LogP contribution in [0.25, 0.3) is 11.3 Å². The Labute approximate surface area is 142 Å². The van der Waals surface area contributed by atoms with Crippen LogP contribution >= 0.6 is 0 Å². The van der Waals surface area contributed by atoms with Crippen LogP contribution in [-0.4, -0.2) is 15.7 Å². The van der Waals surface area contributed by atoms with Gasteiger partial charge in [0.2, 0.25) is 0 Å². The first kappa shape index (κ1) is 15.5. The van der Waals surface area contributed by atoms with Crippen molar-refractivity contribution < 1.29 is 13.2 Å². The molecule has 4 rings (SSSR count). The third-order valence-electron chi connectivity index (χ3n) is 4.15. The Morgan fingerprint density at radius 2 is 1.56 bits per heavy atom. The number of nitrogens with one attached hydrogen (secondary N) is 1. The lowest BCUT2D eigenvalue weighted by Crippen LogP contribution is -2.22. The van der Waals surface area contributed by atoms with E-state index in [4.69, 9.17) is 0 Å². The number of anilines is 1. The molecule has 0 spiro atoms. The minimum absolute atomic E-state index is 0.0801. The predicted octanol–water partition coefficient (Wildman–Crippen LogP) is 4.98. The van der Waals surface area contributed by atoms with Crippen molar-refractivity contribution in [1.82, 2.24) is 9.55 Å². The van der Waals surface area contributed by atoms with Gasteiger partial charge in [-0.25, -0.2) is 4.98 Å². The summed E-state index contributed by atoms with van der Waals surface area (Å²) in [5.74, 6) is 0.342. The van der Waals surface area contributed by atoms with E-state index in [1.54, 1.807) is 16.7 Å². The summed E-state index contributed by atoms with van der Waals surface area (Å²) in [6.45, 7) is 0. The zero-order valence-corrected chi connectivity index (χ0v) is 13.0. The molecule has 0 bridgehead atoms. The predicted molar refractivity (Wildman–Crippen MR) is 90.4 cm³/mol. The molecule has 1 aliphatic rings. The van der Waals surface area contributed by atoms with Crippen LogP contribution in [0.4, 0.5) is 19.0 Å². The summed E-state index contributed by atoms with van der Waals surface area (Å²) < 4.78 is 42.4. The highest BCUT2D eigenvalue weighted by Gasteiger charge is 2.41. The Bertz CT molecular complexity index is 912. The molecule has 126 valence electrons. The third kappa shape index (κ3) is 2.80. The normalized spacial score (nSPS) is 16.8. The molecule has 0 amide bonds. The maximum Gasteiger partial charge on any atom is 0.418 e. The molecule has 0 saturated heterocycles. The number of allylic oxidation sites excluding steroid dienone is 1. The molecule has 6 heteroatoms. The average Bonchev–Trinajstić information content (AvgIpc) is 3.05. The number of fused-ring (bicyclic) bond motifs is 1. The molecule has 1 unspecified atom stereocenters. The fraction of sp³-hybridized carbons (Fsp3) is 0.105. The van der Waals surface area contributed by atoms with Crippen LogP contribution in [0.15, 0.2) is 73.1 Å². The highest BCUT2D eigenvalue weighted by atomic mass is 19.4. The first-order valence-electron chi connectivity index (χ1n) is 7.77. The lowest BCUT2D eigenvalue weighted by Gasteiger charge is -2.26. The molecule has 2 heterocycles. The first-order valence-corrected chi connectivity index (χ1v) is 7.77. The number of benzene rings is 2. The molecule has 1 N–H and O–H groups in total. The van der Waals surface area contributed by atoms with Crippen LogP contribution in [0.5, 0.6) is 0 Å². The topological polar surface area (TPSA) is 29.9 Å². The summed E-state index contributed by atoms with van der Waals surface area (Å²) in [6.07, 6.45) is -1.86. The molecule has 0 aliphatic carbocycles. The van der Waals surface area contributed by atoms with Crippen LogP contribution in [0.3, 0.4) is 0 Å². The van der Waals surface area contributed by atoms with Crippen molar-refractivity contribution in [3.8, 4) is 5.69 Å². The zero-order valence-electron chi connectivity index (χ0n) is 13.0. The van der Waals surface area contributed by atoms with Gasteiger partial charge in [0.05, 0.1) is 11.6 Å². The minimum atomic E-state index is -4.47. The van der Waals surface area contributed by atoms with Gasteiger partial charge in [-0.05, 0) is 23.8 Å². The van der Waals surface area contributed by atoms with Gasteiger partial charge in [-0.2, -0.15) is 13.2 Å². The number of nitrogens with zero attached hydrogens (tertiary/aromatic N) is 2. The number of rotatable bonds is 2. The third-order valence-corrected chi connectivity index (χ3v) is 4.15. The smallest absolute Gasteiger partial charge is 0.359 e.